The predicted molar refractivity (Wildman–Crippen MR) is 115 cm³/mol. The standard InChI is InChI=1S/C20H27N3O.HI/c1-3-23(4-2)20(21)22-14-18-12-8-9-13-19(18)16-24-15-17-10-6-5-7-11-17;/h5-13H,3-4,14-16H2,1-2H3,(H2,21,22);1H. The van der Waals surface area contributed by atoms with Crippen LogP contribution in [0.2, 0.25) is 0 Å². The smallest absolute Gasteiger partial charge is 0.191 e. The number of hydrogen-bond acceptors (Lipinski definition) is 2. The van der Waals surface area contributed by atoms with Crippen LogP contribution in [0.4, 0.5) is 0 Å². The molecule has 0 aliphatic carbocycles. The number of nitrogens with zero attached hydrogens (tertiary/aromatic N) is 2. The van der Waals surface area contributed by atoms with E-state index in [1.165, 1.54) is 5.56 Å². The van der Waals surface area contributed by atoms with Crippen LogP contribution in [-0.2, 0) is 24.5 Å². The van der Waals surface area contributed by atoms with Crippen LogP contribution in [-0.4, -0.2) is 23.9 Å². The van der Waals surface area contributed by atoms with Crippen molar-refractivity contribution in [1.29, 1.82) is 0 Å². The Morgan fingerprint density at radius 3 is 2.16 bits per heavy atom. The fraction of sp³-hybridized carbons (Fsp3) is 0.350. The number of nitrogens with two attached hydrogens (primary N) is 1. The van der Waals surface area contributed by atoms with Crippen molar-refractivity contribution in [2.45, 2.75) is 33.6 Å². The first kappa shape index (κ1) is 21.4. The second-order valence-electron chi connectivity index (χ2n) is 5.59. The van der Waals surface area contributed by atoms with E-state index in [4.69, 9.17) is 10.5 Å². The summed E-state index contributed by atoms with van der Waals surface area (Å²) in [5.41, 5.74) is 9.55. The zero-order valence-corrected chi connectivity index (χ0v) is 17.4. The van der Waals surface area contributed by atoms with E-state index in [0.29, 0.717) is 25.7 Å². The van der Waals surface area contributed by atoms with Crippen molar-refractivity contribution in [3.05, 3.63) is 71.3 Å². The van der Waals surface area contributed by atoms with Crippen LogP contribution < -0.4 is 5.73 Å². The molecule has 0 radical (unpaired) electrons. The first-order valence-corrected chi connectivity index (χ1v) is 8.47. The molecule has 0 aromatic heterocycles. The predicted octanol–water partition coefficient (Wildman–Crippen LogP) is 4.18. The Bertz CT molecular complexity index is 642. The van der Waals surface area contributed by atoms with Crippen LogP contribution in [0.25, 0.3) is 0 Å². The van der Waals surface area contributed by atoms with Crippen molar-refractivity contribution in [1.82, 2.24) is 4.90 Å². The van der Waals surface area contributed by atoms with E-state index in [2.05, 4.69) is 48.0 Å². The number of halogens is 1. The van der Waals surface area contributed by atoms with Crippen molar-refractivity contribution in [2.24, 2.45) is 10.7 Å². The Morgan fingerprint density at radius 1 is 0.920 bits per heavy atom. The van der Waals surface area contributed by atoms with Gasteiger partial charge in [0.25, 0.3) is 0 Å². The highest BCUT2D eigenvalue weighted by atomic mass is 127. The molecule has 0 bridgehead atoms. The van der Waals surface area contributed by atoms with Crippen LogP contribution in [0.1, 0.15) is 30.5 Å². The Labute approximate surface area is 168 Å². The highest BCUT2D eigenvalue weighted by molar-refractivity contribution is 14.0. The van der Waals surface area contributed by atoms with E-state index >= 15 is 0 Å². The summed E-state index contributed by atoms with van der Waals surface area (Å²) in [6.45, 7) is 7.66. The van der Waals surface area contributed by atoms with Gasteiger partial charge in [-0.05, 0) is 30.5 Å². The van der Waals surface area contributed by atoms with Gasteiger partial charge in [0.05, 0.1) is 19.8 Å². The van der Waals surface area contributed by atoms with Gasteiger partial charge >= 0.3 is 0 Å². The zero-order chi connectivity index (χ0) is 17.2. The summed E-state index contributed by atoms with van der Waals surface area (Å²) < 4.78 is 5.85. The molecule has 2 rings (SSSR count). The highest BCUT2D eigenvalue weighted by Crippen LogP contribution is 2.13. The molecule has 0 saturated heterocycles. The fourth-order valence-electron chi connectivity index (χ4n) is 2.52. The SMILES string of the molecule is CCN(CC)C(N)=NCc1ccccc1COCc1ccccc1.I. The molecule has 0 unspecified atom stereocenters. The van der Waals surface area contributed by atoms with Gasteiger partial charge in [-0.3, -0.25) is 0 Å². The molecule has 25 heavy (non-hydrogen) atoms. The lowest BCUT2D eigenvalue weighted by Gasteiger charge is -2.19. The molecule has 0 saturated carbocycles. The van der Waals surface area contributed by atoms with E-state index in [-0.39, 0.29) is 24.0 Å². The molecule has 2 aromatic rings. The molecule has 0 aliphatic heterocycles. The van der Waals surface area contributed by atoms with E-state index < -0.39 is 0 Å². The molecule has 0 atom stereocenters. The molecule has 0 amide bonds. The normalized spacial score (nSPS) is 11.0. The lowest BCUT2D eigenvalue weighted by Crippen LogP contribution is -2.37. The molecule has 0 spiro atoms. The average molecular weight is 453 g/mol. The van der Waals surface area contributed by atoms with Crippen molar-refractivity contribution in [2.75, 3.05) is 13.1 Å². The van der Waals surface area contributed by atoms with Gasteiger partial charge in [-0.25, -0.2) is 4.99 Å². The van der Waals surface area contributed by atoms with Crippen molar-refractivity contribution < 1.29 is 4.74 Å². The second-order valence-corrected chi connectivity index (χ2v) is 5.59. The Kier molecular flexibility index (Phi) is 10.2. The highest BCUT2D eigenvalue weighted by Gasteiger charge is 2.05. The molecule has 2 N–H and O–H groups in total. The first-order chi connectivity index (χ1) is 11.7. The first-order valence-electron chi connectivity index (χ1n) is 8.47. The second kappa shape index (κ2) is 11.9. The van der Waals surface area contributed by atoms with Gasteiger partial charge in [0.1, 0.15) is 0 Å². The van der Waals surface area contributed by atoms with Gasteiger partial charge in [-0.15, -0.1) is 24.0 Å². The third-order valence-corrected chi connectivity index (χ3v) is 3.99. The average Bonchev–Trinajstić information content (AvgIpc) is 2.63. The summed E-state index contributed by atoms with van der Waals surface area (Å²) in [5, 5.41) is 0. The van der Waals surface area contributed by atoms with Crippen molar-refractivity contribution >= 4 is 29.9 Å². The summed E-state index contributed by atoms with van der Waals surface area (Å²) in [7, 11) is 0. The minimum atomic E-state index is 0. The minimum Gasteiger partial charge on any atom is -0.372 e. The molecule has 0 aliphatic rings. The monoisotopic (exact) mass is 453 g/mol. The fourth-order valence-corrected chi connectivity index (χ4v) is 2.52. The van der Waals surface area contributed by atoms with Crippen LogP contribution in [0, 0.1) is 0 Å². The Hall–Kier alpha value is -1.60. The van der Waals surface area contributed by atoms with Crippen LogP contribution in [0.5, 0.6) is 0 Å². The number of ether oxygens (including phenoxy) is 1. The van der Waals surface area contributed by atoms with Gasteiger partial charge in [-0.1, -0.05) is 54.6 Å². The molecule has 0 heterocycles. The minimum absolute atomic E-state index is 0. The number of guanidine groups is 1. The summed E-state index contributed by atoms with van der Waals surface area (Å²) in [5.74, 6) is 0.597. The van der Waals surface area contributed by atoms with Gasteiger partial charge < -0.3 is 15.4 Å². The molecule has 2 aromatic carbocycles. The maximum atomic E-state index is 6.06. The van der Waals surface area contributed by atoms with Gasteiger partial charge in [0.15, 0.2) is 5.96 Å². The Balaban J connectivity index is 0.00000312. The maximum Gasteiger partial charge on any atom is 0.191 e. The number of hydrogen-bond donors (Lipinski definition) is 1. The largest absolute Gasteiger partial charge is 0.372 e. The molecular formula is C20H28IN3O. The molecular weight excluding hydrogens is 425 g/mol. The van der Waals surface area contributed by atoms with Gasteiger partial charge in [0, 0.05) is 13.1 Å². The number of benzene rings is 2. The van der Waals surface area contributed by atoms with Gasteiger partial charge in [-0.2, -0.15) is 0 Å². The van der Waals surface area contributed by atoms with Crippen molar-refractivity contribution in [3.63, 3.8) is 0 Å². The molecule has 136 valence electrons. The van der Waals surface area contributed by atoms with Crippen LogP contribution in [0.3, 0.4) is 0 Å². The van der Waals surface area contributed by atoms with E-state index in [1.54, 1.807) is 0 Å². The van der Waals surface area contributed by atoms with Crippen LogP contribution >= 0.6 is 24.0 Å². The summed E-state index contributed by atoms with van der Waals surface area (Å²) in [6.07, 6.45) is 0. The van der Waals surface area contributed by atoms with E-state index in [9.17, 15) is 0 Å². The summed E-state index contributed by atoms with van der Waals surface area (Å²) >= 11 is 0. The molecule has 5 heteroatoms. The number of aliphatic imine (C=N–C) groups is 1. The summed E-state index contributed by atoms with van der Waals surface area (Å²) in [6, 6.07) is 18.4. The topological polar surface area (TPSA) is 50.8 Å². The lowest BCUT2D eigenvalue weighted by molar-refractivity contribution is 0.106. The third kappa shape index (κ3) is 7.04. The van der Waals surface area contributed by atoms with E-state index in [0.717, 1.165) is 24.2 Å². The molecule has 4 nitrogen and oxygen atoms in total. The molecule has 0 fully saturated rings. The van der Waals surface area contributed by atoms with Crippen molar-refractivity contribution in [3.8, 4) is 0 Å². The number of rotatable bonds is 8. The third-order valence-electron chi connectivity index (χ3n) is 3.99. The summed E-state index contributed by atoms with van der Waals surface area (Å²) in [4.78, 5) is 6.58. The van der Waals surface area contributed by atoms with E-state index in [1.807, 2.05) is 30.3 Å². The maximum absolute atomic E-state index is 6.06. The lowest BCUT2D eigenvalue weighted by atomic mass is 10.1. The van der Waals surface area contributed by atoms with Gasteiger partial charge in [0.2, 0.25) is 0 Å². The zero-order valence-electron chi connectivity index (χ0n) is 15.0. The quantitative estimate of drug-likeness (QED) is 0.371. The van der Waals surface area contributed by atoms with Crippen LogP contribution in [0.15, 0.2) is 59.6 Å². The Morgan fingerprint density at radius 2 is 1.52 bits per heavy atom.